The summed E-state index contributed by atoms with van der Waals surface area (Å²) in [4.78, 5) is 18.7. The monoisotopic (exact) mass is 322 g/mol. The lowest BCUT2D eigenvalue weighted by Gasteiger charge is -2.35. The number of nitrogens with zero attached hydrogens (tertiary/aromatic N) is 2. The zero-order chi connectivity index (χ0) is 15.5. The first kappa shape index (κ1) is 15.6. The van der Waals surface area contributed by atoms with Crippen LogP contribution < -0.4 is 4.74 Å². The van der Waals surface area contributed by atoms with Crippen molar-refractivity contribution in [2.24, 2.45) is 0 Å². The number of pyridine rings is 1. The minimum atomic E-state index is 0.0232. The molecule has 5 nitrogen and oxygen atoms in total. The van der Waals surface area contributed by atoms with Gasteiger partial charge in [-0.3, -0.25) is 4.79 Å². The fourth-order valence-electron chi connectivity index (χ4n) is 2.91. The van der Waals surface area contributed by atoms with Crippen molar-refractivity contribution in [1.82, 2.24) is 9.88 Å². The molecule has 6 heteroatoms. The summed E-state index contributed by atoms with van der Waals surface area (Å²) in [6.07, 6.45) is 3.05. The highest BCUT2D eigenvalue weighted by Crippen LogP contribution is 2.23. The second-order valence-corrected chi connectivity index (χ2v) is 7.10. The largest absolute Gasteiger partial charge is 0.473 e. The van der Waals surface area contributed by atoms with Crippen molar-refractivity contribution < 1.29 is 14.3 Å². The third-order valence-corrected chi connectivity index (χ3v) is 5.00. The van der Waals surface area contributed by atoms with Crippen LogP contribution >= 0.6 is 11.8 Å². The number of thioether (sulfide) groups is 1. The molecule has 120 valence electrons. The molecule has 3 atom stereocenters. The fourth-order valence-corrected chi connectivity index (χ4v) is 4.00. The standard InChI is InChI=1S/C16H22N2O3S/c1-11-8-18(9-12(2)20-11)16(19)13-3-5-17-15(7-13)21-14-4-6-22-10-14/h3,5,7,11-12,14H,4,6,8-10H2,1-2H3. The lowest BCUT2D eigenvalue weighted by atomic mass is 10.1. The molecule has 2 aliphatic heterocycles. The van der Waals surface area contributed by atoms with Gasteiger partial charge in [0.25, 0.3) is 5.91 Å². The highest BCUT2D eigenvalue weighted by atomic mass is 32.2. The van der Waals surface area contributed by atoms with E-state index in [0.717, 1.165) is 17.9 Å². The SMILES string of the molecule is CC1CN(C(=O)c2ccnc(OC3CCSC3)c2)CC(C)O1. The molecule has 2 fully saturated rings. The van der Waals surface area contributed by atoms with Gasteiger partial charge in [-0.25, -0.2) is 4.98 Å². The molecule has 3 unspecified atom stereocenters. The smallest absolute Gasteiger partial charge is 0.254 e. The first-order valence-electron chi connectivity index (χ1n) is 7.77. The molecule has 1 aromatic rings. The molecule has 0 aromatic carbocycles. The summed E-state index contributed by atoms with van der Waals surface area (Å²) in [5.41, 5.74) is 0.636. The van der Waals surface area contributed by atoms with Crippen LogP contribution in [0.1, 0.15) is 30.6 Å². The minimum Gasteiger partial charge on any atom is -0.473 e. The van der Waals surface area contributed by atoms with Gasteiger partial charge in [0.2, 0.25) is 5.88 Å². The first-order valence-corrected chi connectivity index (χ1v) is 8.92. The zero-order valence-corrected chi connectivity index (χ0v) is 13.8. The summed E-state index contributed by atoms with van der Waals surface area (Å²) in [6.45, 7) is 5.24. The highest BCUT2D eigenvalue weighted by Gasteiger charge is 2.27. The number of hydrogen-bond acceptors (Lipinski definition) is 5. The maximum Gasteiger partial charge on any atom is 0.254 e. The van der Waals surface area contributed by atoms with Crippen molar-refractivity contribution in [3.8, 4) is 5.88 Å². The number of rotatable bonds is 3. The molecule has 0 radical (unpaired) electrons. The van der Waals surface area contributed by atoms with Crippen LogP contribution in [0.4, 0.5) is 0 Å². The summed E-state index contributed by atoms with van der Waals surface area (Å²) in [5, 5.41) is 0. The molecule has 0 N–H and O–H groups in total. The number of morpholine rings is 1. The number of hydrogen-bond donors (Lipinski definition) is 0. The predicted molar refractivity (Wildman–Crippen MR) is 86.5 cm³/mol. The number of amides is 1. The third kappa shape index (κ3) is 3.73. The van der Waals surface area contributed by atoms with Gasteiger partial charge in [0.1, 0.15) is 6.10 Å². The van der Waals surface area contributed by atoms with Gasteiger partial charge < -0.3 is 14.4 Å². The molecule has 22 heavy (non-hydrogen) atoms. The number of ether oxygens (including phenoxy) is 2. The Hall–Kier alpha value is -1.27. The van der Waals surface area contributed by atoms with Crippen molar-refractivity contribution in [3.05, 3.63) is 23.9 Å². The van der Waals surface area contributed by atoms with Crippen molar-refractivity contribution in [1.29, 1.82) is 0 Å². The van der Waals surface area contributed by atoms with Gasteiger partial charge in [-0.05, 0) is 32.1 Å². The molecular weight excluding hydrogens is 300 g/mol. The lowest BCUT2D eigenvalue weighted by Crippen LogP contribution is -2.48. The van der Waals surface area contributed by atoms with Gasteiger partial charge >= 0.3 is 0 Å². The lowest BCUT2D eigenvalue weighted by molar-refractivity contribution is -0.0586. The van der Waals surface area contributed by atoms with Crippen molar-refractivity contribution >= 4 is 17.7 Å². The molecule has 3 heterocycles. The van der Waals surface area contributed by atoms with Crippen LogP contribution in [0.25, 0.3) is 0 Å². The van der Waals surface area contributed by atoms with Crippen LogP contribution in [-0.4, -0.2) is 58.7 Å². The Kier molecular flexibility index (Phi) is 4.88. The Morgan fingerprint density at radius 2 is 2.18 bits per heavy atom. The third-order valence-electron chi connectivity index (χ3n) is 3.86. The Morgan fingerprint density at radius 1 is 1.41 bits per heavy atom. The van der Waals surface area contributed by atoms with Gasteiger partial charge in [0.15, 0.2) is 0 Å². The Balaban J connectivity index is 1.69. The van der Waals surface area contributed by atoms with Crippen LogP contribution in [-0.2, 0) is 4.74 Å². The van der Waals surface area contributed by atoms with Crippen molar-refractivity contribution in [3.63, 3.8) is 0 Å². The molecule has 2 aliphatic rings. The van der Waals surface area contributed by atoms with Gasteiger partial charge in [-0.15, -0.1) is 0 Å². The normalized spacial score (nSPS) is 28.6. The van der Waals surface area contributed by atoms with Crippen molar-refractivity contribution in [2.45, 2.75) is 38.6 Å². The minimum absolute atomic E-state index is 0.0232. The van der Waals surface area contributed by atoms with Crippen molar-refractivity contribution in [2.75, 3.05) is 24.6 Å². The zero-order valence-electron chi connectivity index (χ0n) is 13.0. The van der Waals surface area contributed by atoms with Crippen LogP contribution in [0, 0.1) is 0 Å². The van der Waals surface area contributed by atoms with E-state index in [4.69, 9.17) is 9.47 Å². The van der Waals surface area contributed by atoms with E-state index in [1.54, 1.807) is 18.3 Å². The molecule has 3 rings (SSSR count). The van der Waals surface area contributed by atoms with Gasteiger partial charge in [0, 0.05) is 36.7 Å². The quantitative estimate of drug-likeness (QED) is 0.854. The number of carbonyl (C=O) groups excluding carboxylic acids is 1. The Labute approximate surface area is 135 Å². The van der Waals surface area contributed by atoms with Crippen LogP contribution in [0.15, 0.2) is 18.3 Å². The van der Waals surface area contributed by atoms with Gasteiger partial charge in [0.05, 0.1) is 12.2 Å². The summed E-state index contributed by atoms with van der Waals surface area (Å²) in [7, 11) is 0. The number of aromatic nitrogens is 1. The maximum absolute atomic E-state index is 12.7. The number of carbonyl (C=O) groups is 1. The summed E-state index contributed by atoms with van der Waals surface area (Å²) in [6, 6.07) is 3.51. The molecule has 1 aromatic heterocycles. The van der Waals surface area contributed by atoms with E-state index in [0.29, 0.717) is 24.5 Å². The molecular formula is C16H22N2O3S. The molecule has 0 saturated carbocycles. The van der Waals surface area contributed by atoms with Gasteiger partial charge in [-0.1, -0.05) is 0 Å². The molecule has 0 bridgehead atoms. The van der Waals surface area contributed by atoms with E-state index in [1.807, 2.05) is 30.5 Å². The van der Waals surface area contributed by atoms with E-state index >= 15 is 0 Å². The maximum atomic E-state index is 12.7. The predicted octanol–water partition coefficient (Wildman–Crippen LogP) is 2.22. The Bertz CT molecular complexity index is 524. The summed E-state index contributed by atoms with van der Waals surface area (Å²) < 4.78 is 11.5. The molecule has 0 aliphatic carbocycles. The average Bonchev–Trinajstić information content (AvgIpc) is 2.98. The molecule has 2 saturated heterocycles. The van der Waals surface area contributed by atoms with Gasteiger partial charge in [-0.2, -0.15) is 11.8 Å². The van der Waals surface area contributed by atoms with E-state index < -0.39 is 0 Å². The van der Waals surface area contributed by atoms with E-state index in [1.165, 1.54) is 0 Å². The average molecular weight is 322 g/mol. The second-order valence-electron chi connectivity index (χ2n) is 5.95. The topological polar surface area (TPSA) is 51.7 Å². The van der Waals surface area contributed by atoms with Crippen LogP contribution in [0.3, 0.4) is 0 Å². The van der Waals surface area contributed by atoms with E-state index in [-0.39, 0.29) is 24.2 Å². The van der Waals surface area contributed by atoms with Crippen LogP contribution in [0.2, 0.25) is 0 Å². The molecule has 1 amide bonds. The first-order chi connectivity index (χ1) is 10.6. The van der Waals surface area contributed by atoms with E-state index in [9.17, 15) is 4.79 Å². The van der Waals surface area contributed by atoms with E-state index in [2.05, 4.69) is 4.98 Å². The second kappa shape index (κ2) is 6.87. The Morgan fingerprint density at radius 3 is 2.86 bits per heavy atom. The summed E-state index contributed by atoms with van der Waals surface area (Å²) >= 11 is 1.89. The summed E-state index contributed by atoms with van der Waals surface area (Å²) in [5.74, 6) is 2.70. The highest BCUT2D eigenvalue weighted by molar-refractivity contribution is 7.99. The van der Waals surface area contributed by atoms with Crippen LogP contribution in [0.5, 0.6) is 5.88 Å². The fraction of sp³-hybridized carbons (Fsp3) is 0.625. The molecule has 0 spiro atoms.